The molecule has 1 atom stereocenters. The molecule has 0 aromatic heterocycles. The number of esters is 1. The Hall–Kier alpha value is -1.58. The van der Waals surface area contributed by atoms with E-state index in [-0.39, 0.29) is 36.4 Å². The largest absolute Gasteiger partial charge is 0.466 e. The Balaban J connectivity index is 2.30. The van der Waals surface area contributed by atoms with E-state index in [1.807, 2.05) is 13.8 Å². The van der Waals surface area contributed by atoms with Gasteiger partial charge in [-0.05, 0) is 13.8 Å². The molecule has 0 bridgehead atoms. The summed E-state index contributed by atoms with van der Waals surface area (Å²) in [6, 6.07) is 0. The van der Waals surface area contributed by atoms with E-state index in [9.17, 15) is 9.59 Å². The molecule has 1 aliphatic rings. The number of hydrogen-bond acceptors (Lipinski definition) is 5. The van der Waals surface area contributed by atoms with Crippen molar-refractivity contribution in [2.45, 2.75) is 57.7 Å². The van der Waals surface area contributed by atoms with Crippen LogP contribution < -0.4 is 0 Å². The Bertz CT molecular complexity index is 478. The third-order valence-corrected chi connectivity index (χ3v) is 4.13. The summed E-state index contributed by atoms with van der Waals surface area (Å²) in [5.74, 6) is 5.65. The Morgan fingerprint density at radius 1 is 1.21 bits per heavy atom. The maximum absolute atomic E-state index is 12.3. The second-order valence-corrected chi connectivity index (χ2v) is 6.40. The molecule has 1 amide bonds. The molecule has 0 radical (unpaired) electrons. The maximum Gasteiger partial charge on any atom is 0.306 e. The van der Waals surface area contributed by atoms with Crippen LogP contribution in [-0.2, 0) is 23.8 Å². The number of carbonyl (C=O) groups excluding carboxylic acids is 2. The monoisotopic (exact) mass is 339 g/mol. The molecule has 6 nitrogen and oxygen atoms in total. The second kappa shape index (κ2) is 10.3. The summed E-state index contributed by atoms with van der Waals surface area (Å²) >= 11 is 0. The molecule has 0 spiro atoms. The Kier molecular flexibility index (Phi) is 8.80. The number of nitrogens with zero attached hydrogens (tertiary/aromatic N) is 1. The van der Waals surface area contributed by atoms with E-state index in [0.29, 0.717) is 39.0 Å². The Morgan fingerprint density at radius 3 is 2.62 bits per heavy atom. The van der Waals surface area contributed by atoms with Gasteiger partial charge in [0.2, 0.25) is 5.91 Å². The van der Waals surface area contributed by atoms with Crippen molar-refractivity contribution in [3.8, 4) is 11.8 Å². The second-order valence-electron chi connectivity index (χ2n) is 6.40. The van der Waals surface area contributed by atoms with E-state index in [1.54, 1.807) is 19.1 Å². The molecular formula is C18H29NO5. The van der Waals surface area contributed by atoms with Crippen molar-refractivity contribution >= 4 is 11.9 Å². The molecule has 1 rings (SSSR count). The quantitative estimate of drug-likeness (QED) is 0.498. The van der Waals surface area contributed by atoms with Gasteiger partial charge in [0.25, 0.3) is 0 Å². The molecule has 0 saturated carbocycles. The Labute approximate surface area is 144 Å². The zero-order chi connectivity index (χ0) is 18.0. The van der Waals surface area contributed by atoms with Crippen LogP contribution in [0.1, 0.15) is 46.0 Å². The van der Waals surface area contributed by atoms with Crippen LogP contribution in [0.15, 0.2) is 0 Å². The SMILES string of the molecule is CO[C@H]1C#CCCN(C(=O)CCC(=O)OCCC(C)(C)OC)CC1. The Morgan fingerprint density at radius 2 is 1.96 bits per heavy atom. The maximum atomic E-state index is 12.3. The van der Waals surface area contributed by atoms with E-state index >= 15 is 0 Å². The lowest BCUT2D eigenvalue weighted by Gasteiger charge is -2.24. The van der Waals surface area contributed by atoms with Gasteiger partial charge in [-0.2, -0.15) is 0 Å². The lowest BCUT2D eigenvalue weighted by Crippen LogP contribution is -2.35. The fourth-order valence-electron chi connectivity index (χ4n) is 2.21. The first-order valence-corrected chi connectivity index (χ1v) is 8.37. The molecule has 0 N–H and O–H groups in total. The fraction of sp³-hybridized carbons (Fsp3) is 0.778. The van der Waals surface area contributed by atoms with Gasteiger partial charge >= 0.3 is 5.97 Å². The molecule has 1 heterocycles. The standard InChI is InChI=1S/C18H29NO5/c1-18(2,23-4)11-14-24-17(21)9-8-16(20)19-12-6-5-7-15(22-3)10-13-19/h15H,6,8-14H2,1-4H3/t15-/m0/s1. The van der Waals surface area contributed by atoms with E-state index < -0.39 is 0 Å². The molecule has 0 aliphatic carbocycles. The van der Waals surface area contributed by atoms with Gasteiger partial charge in [-0.1, -0.05) is 11.8 Å². The molecule has 0 aromatic rings. The average molecular weight is 339 g/mol. The van der Waals surface area contributed by atoms with Gasteiger partial charge in [-0.15, -0.1) is 0 Å². The van der Waals surface area contributed by atoms with Crippen LogP contribution in [-0.4, -0.2) is 62.4 Å². The minimum atomic E-state index is -0.350. The number of rotatable bonds is 8. The molecule has 0 aromatic carbocycles. The van der Waals surface area contributed by atoms with Crippen molar-refractivity contribution in [2.24, 2.45) is 0 Å². The molecule has 6 heteroatoms. The highest BCUT2D eigenvalue weighted by Gasteiger charge is 2.19. The highest BCUT2D eigenvalue weighted by molar-refractivity contribution is 5.81. The molecule has 1 aliphatic heterocycles. The molecule has 136 valence electrons. The summed E-state index contributed by atoms with van der Waals surface area (Å²) in [6.07, 6.45) is 2.06. The van der Waals surface area contributed by atoms with Gasteiger partial charge in [0.15, 0.2) is 0 Å². The highest BCUT2D eigenvalue weighted by Crippen LogP contribution is 2.13. The lowest BCUT2D eigenvalue weighted by molar-refractivity contribution is -0.147. The molecule has 0 unspecified atom stereocenters. The van der Waals surface area contributed by atoms with Crippen LogP contribution in [0.5, 0.6) is 0 Å². The van der Waals surface area contributed by atoms with Gasteiger partial charge in [0.1, 0.15) is 6.10 Å². The van der Waals surface area contributed by atoms with Crippen molar-refractivity contribution in [1.82, 2.24) is 4.90 Å². The van der Waals surface area contributed by atoms with E-state index in [1.165, 1.54) is 0 Å². The van der Waals surface area contributed by atoms with Gasteiger partial charge in [-0.3, -0.25) is 9.59 Å². The van der Waals surface area contributed by atoms with Gasteiger partial charge in [0.05, 0.1) is 18.6 Å². The molecular weight excluding hydrogens is 310 g/mol. The van der Waals surface area contributed by atoms with E-state index in [4.69, 9.17) is 14.2 Å². The topological polar surface area (TPSA) is 65.1 Å². The first-order valence-electron chi connectivity index (χ1n) is 8.37. The van der Waals surface area contributed by atoms with Crippen molar-refractivity contribution in [3.63, 3.8) is 0 Å². The van der Waals surface area contributed by atoms with Crippen LogP contribution in [0.3, 0.4) is 0 Å². The minimum Gasteiger partial charge on any atom is -0.466 e. The zero-order valence-electron chi connectivity index (χ0n) is 15.2. The summed E-state index contributed by atoms with van der Waals surface area (Å²) in [6.45, 7) is 5.36. The van der Waals surface area contributed by atoms with Crippen LogP contribution in [0, 0.1) is 11.8 Å². The molecule has 0 fully saturated rings. The van der Waals surface area contributed by atoms with Crippen molar-refractivity contribution in [3.05, 3.63) is 0 Å². The lowest BCUT2D eigenvalue weighted by atomic mass is 10.1. The van der Waals surface area contributed by atoms with Crippen molar-refractivity contribution < 1.29 is 23.8 Å². The first-order chi connectivity index (χ1) is 11.4. The zero-order valence-corrected chi connectivity index (χ0v) is 15.2. The van der Waals surface area contributed by atoms with Gasteiger partial charge in [-0.25, -0.2) is 0 Å². The molecule has 24 heavy (non-hydrogen) atoms. The van der Waals surface area contributed by atoms with Crippen LogP contribution in [0.25, 0.3) is 0 Å². The van der Waals surface area contributed by atoms with Crippen LogP contribution in [0.4, 0.5) is 0 Å². The van der Waals surface area contributed by atoms with Crippen molar-refractivity contribution in [1.29, 1.82) is 0 Å². The summed E-state index contributed by atoms with van der Waals surface area (Å²) in [4.78, 5) is 25.8. The fourth-order valence-corrected chi connectivity index (χ4v) is 2.21. The predicted octanol–water partition coefficient (Wildman–Crippen LogP) is 1.77. The van der Waals surface area contributed by atoms with Crippen LogP contribution in [0.2, 0.25) is 0 Å². The third-order valence-electron chi connectivity index (χ3n) is 4.13. The number of hydrogen-bond donors (Lipinski definition) is 0. The average Bonchev–Trinajstić information content (AvgIpc) is 2.53. The van der Waals surface area contributed by atoms with Crippen LogP contribution >= 0.6 is 0 Å². The number of ether oxygens (including phenoxy) is 3. The number of carbonyl (C=O) groups is 2. The summed E-state index contributed by atoms with van der Waals surface area (Å²) in [5.41, 5.74) is -0.320. The van der Waals surface area contributed by atoms with E-state index in [0.717, 1.165) is 0 Å². The summed E-state index contributed by atoms with van der Waals surface area (Å²) in [5, 5.41) is 0. The van der Waals surface area contributed by atoms with Gasteiger partial charge < -0.3 is 19.1 Å². The number of methoxy groups -OCH3 is 2. The first kappa shape index (κ1) is 20.5. The minimum absolute atomic E-state index is 0.0391. The van der Waals surface area contributed by atoms with Gasteiger partial charge in [0, 0.05) is 53.0 Å². The van der Waals surface area contributed by atoms with Crippen molar-refractivity contribution in [2.75, 3.05) is 33.9 Å². The van der Waals surface area contributed by atoms with E-state index in [2.05, 4.69) is 11.8 Å². The summed E-state index contributed by atoms with van der Waals surface area (Å²) < 4.78 is 15.7. The summed E-state index contributed by atoms with van der Waals surface area (Å²) in [7, 11) is 3.25. The third kappa shape index (κ3) is 7.80. The number of amides is 1. The molecule has 0 saturated heterocycles. The predicted molar refractivity (Wildman–Crippen MR) is 90.3 cm³/mol. The smallest absolute Gasteiger partial charge is 0.306 e. The normalized spacial score (nSPS) is 18.2. The highest BCUT2D eigenvalue weighted by atomic mass is 16.5.